The fourth-order valence-electron chi connectivity index (χ4n) is 3.95. The molecule has 216 valence electrons. The molecule has 0 radical (unpaired) electrons. The van der Waals surface area contributed by atoms with Crippen molar-refractivity contribution in [2.24, 2.45) is 0 Å². The molecule has 5 nitrogen and oxygen atoms in total. The van der Waals surface area contributed by atoms with E-state index in [9.17, 15) is 0 Å². The summed E-state index contributed by atoms with van der Waals surface area (Å²) >= 11 is 0. The van der Waals surface area contributed by atoms with Crippen LogP contribution in [-0.2, 0) is 13.2 Å². The number of hydrogen-bond donors (Lipinski definition) is 0. The first-order valence-corrected chi connectivity index (χ1v) is 14.1. The van der Waals surface area contributed by atoms with E-state index in [4.69, 9.17) is 14.2 Å². The Morgan fingerprint density at radius 3 is 1.74 bits per heavy atom. The van der Waals surface area contributed by atoms with Gasteiger partial charge in [0.15, 0.2) is 0 Å². The zero-order valence-electron chi connectivity index (χ0n) is 25.0. The molecule has 0 fully saturated rings. The van der Waals surface area contributed by atoms with E-state index in [-0.39, 0.29) is 0 Å². The van der Waals surface area contributed by atoms with E-state index in [2.05, 4.69) is 42.2 Å². The molecule has 0 unspecified atom stereocenters. The second kappa shape index (κ2) is 17.0. The summed E-state index contributed by atoms with van der Waals surface area (Å²) in [4.78, 5) is 8.58. The van der Waals surface area contributed by atoms with Crippen LogP contribution in [0.15, 0.2) is 122 Å². The van der Waals surface area contributed by atoms with Gasteiger partial charge in [-0.2, -0.15) is 0 Å². The van der Waals surface area contributed by atoms with Crippen LogP contribution in [0.4, 0.5) is 0 Å². The van der Waals surface area contributed by atoms with Crippen molar-refractivity contribution < 1.29 is 14.2 Å². The summed E-state index contributed by atoms with van der Waals surface area (Å²) in [7, 11) is 1.65. The number of pyridine rings is 2. The molecular weight excluding hydrogens is 520 g/mol. The lowest BCUT2D eigenvalue weighted by molar-refractivity contribution is 0.299. The van der Waals surface area contributed by atoms with Crippen molar-refractivity contribution in [3.63, 3.8) is 0 Å². The molecule has 0 saturated heterocycles. The van der Waals surface area contributed by atoms with Crippen LogP contribution >= 0.6 is 0 Å². The Labute approximate surface area is 250 Å². The lowest BCUT2D eigenvalue weighted by Crippen LogP contribution is -1.98. The molecule has 0 amide bonds. The predicted molar refractivity (Wildman–Crippen MR) is 174 cm³/mol. The van der Waals surface area contributed by atoms with Crippen LogP contribution in [0.3, 0.4) is 0 Å². The van der Waals surface area contributed by atoms with Crippen LogP contribution in [0.1, 0.15) is 48.3 Å². The third-order valence-electron chi connectivity index (χ3n) is 6.12. The topological polar surface area (TPSA) is 53.5 Å². The van der Waals surface area contributed by atoms with Gasteiger partial charge in [-0.15, -0.1) is 0 Å². The Morgan fingerprint density at radius 1 is 0.714 bits per heavy atom. The highest BCUT2D eigenvalue weighted by atomic mass is 16.5. The monoisotopic (exact) mass is 560 g/mol. The average Bonchev–Trinajstić information content (AvgIpc) is 3.03. The average molecular weight is 561 g/mol. The van der Waals surface area contributed by atoms with Crippen LogP contribution in [0.5, 0.6) is 17.2 Å². The summed E-state index contributed by atoms with van der Waals surface area (Å²) in [5.74, 6) is 2.27. The molecule has 0 N–H and O–H groups in total. The normalized spacial score (nSPS) is 10.7. The summed E-state index contributed by atoms with van der Waals surface area (Å²) in [6.07, 6.45) is 12.3. The molecular formula is C37H40N2O3. The number of hydrogen-bond acceptors (Lipinski definition) is 5. The van der Waals surface area contributed by atoms with Gasteiger partial charge in [-0.1, -0.05) is 80.7 Å². The number of ether oxygens (including phenoxy) is 3. The molecule has 2 aromatic heterocycles. The SMILES string of the molecule is C=C(/C=C/c1ccc(OCc2ccccn2)cc1C)CC(=C)/C=C/c1ccc(OCc2ccccn2)cc1OC.CC. The van der Waals surface area contributed by atoms with Crippen LogP contribution < -0.4 is 14.2 Å². The second-order valence-electron chi connectivity index (χ2n) is 9.30. The molecule has 0 spiro atoms. The summed E-state index contributed by atoms with van der Waals surface area (Å²) in [6.45, 7) is 15.3. The zero-order chi connectivity index (χ0) is 30.2. The molecule has 2 heterocycles. The Balaban J connectivity index is 0.00000237. The number of nitrogens with zero attached hydrogens (tertiary/aromatic N) is 2. The van der Waals surface area contributed by atoms with Crippen molar-refractivity contribution in [3.8, 4) is 17.2 Å². The smallest absolute Gasteiger partial charge is 0.130 e. The maximum Gasteiger partial charge on any atom is 0.130 e. The van der Waals surface area contributed by atoms with Gasteiger partial charge >= 0.3 is 0 Å². The molecule has 0 atom stereocenters. The van der Waals surface area contributed by atoms with Gasteiger partial charge in [0.25, 0.3) is 0 Å². The Bertz CT molecular complexity index is 1490. The van der Waals surface area contributed by atoms with Crippen LogP contribution in [0.25, 0.3) is 12.2 Å². The van der Waals surface area contributed by atoms with E-state index in [1.54, 1.807) is 19.5 Å². The molecule has 2 aromatic carbocycles. The lowest BCUT2D eigenvalue weighted by Gasteiger charge is -2.10. The fraction of sp³-hybridized carbons (Fsp3) is 0.189. The molecule has 0 aliphatic heterocycles. The quantitative estimate of drug-likeness (QED) is 0.153. The molecule has 4 rings (SSSR count). The number of allylic oxidation sites excluding steroid dienone is 4. The largest absolute Gasteiger partial charge is 0.496 e. The Morgan fingerprint density at radius 2 is 1.24 bits per heavy atom. The van der Waals surface area contributed by atoms with Crippen molar-refractivity contribution in [1.82, 2.24) is 9.97 Å². The van der Waals surface area contributed by atoms with Gasteiger partial charge in [0.1, 0.15) is 30.5 Å². The van der Waals surface area contributed by atoms with Gasteiger partial charge in [0.2, 0.25) is 0 Å². The third-order valence-corrected chi connectivity index (χ3v) is 6.12. The van der Waals surface area contributed by atoms with Crippen molar-refractivity contribution in [3.05, 3.63) is 150 Å². The van der Waals surface area contributed by atoms with Crippen LogP contribution in [0.2, 0.25) is 0 Å². The standard InChI is InChI=1S/C35H34N2O3.C2H6/c1-26(11-13-29-15-17-33(22-28(29)3)39-24-31-9-5-7-19-36-31)21-27(2)12-14-30-16-18-34(23-35(30)38-4)40-25-32-10-6-8-20-37-32;1-2/h5-20,22-23H,1-2,21,24-25H2,3-4H3;1-2H3/b13-11+,14-12+;. The highest BCUT2D eigenvalue weighted by molar-refractivity contribution is 5.62. The molecule has 0 aliphatic carbocycles. The molecule has 0 saturated carbocycles. The van der Waals surface area contributed by atoms with Crippen molar-refractivity contribution in [1.29, 1.82) is 0 Å². The van der Waals surface area contributed by atoms with Gasteiger partial charge < -0.3 is 14.2 Å². The summed E-state index contributed by atoms with van der Waals surface area (Å²) < 4.78 is 17.3. The van der Waals surface area contributed by atoms with E-state index >= 15 is 0 Å². The number of aryl methyl sites for hydroxylation is 1. The van der Waals surface area contributed by atoms with Crippen molar-refractivity contribution in [2.45, 2.75) is 40.4 Å². The predicted octanol–water partition coefficient (Wildman–Crippen LogP) is 9.21. The van der Waals surface area contributed by atoms with E-state index in [0.717, 1.165) is 56.5 Å². The molecule has 5 heteroatoms. The van der Waals surface area contributed by atoms with E-state index < -0.39 is 0 Å². The van der Waals surface area contributed by atoms with E-state index in [1.165, 1.54) is 0 Å². The first-order chi connectivity index (χ1) is 20.5. The van der Waals surface area contributed by atoms with E-state index in [1.807, 2.05) is 98.8 Å². The number of aromatic nitrogens is 2. The van der Waals surface area contributed by atoms with Gasteiger partial charge in [-0.05, 0) is 73.0 Å². The number of rotatable bonds is 13. The van der Waals surface area contributed by atoms with E-state index in [0.29, 0.717) is 19.6 Å². The second-order valence-corrected chi connectivity index (χ2v) is 9.30. The van der Waals surface area contributed by atoms with Gasteiger partial charge in [0, 0.05) is 24.0 Å². The molecule has 0 bridgehead atoms. The first kappa shape index (κ1) is 31.6. The van der Waals surface area contributed by atoms with Crippen LogP contribution in [-0.4, -0.2) is 17.1 Å². The summed E-state index contributed by atoms with van der Waals surface area (Å²) in [5.41, 5.74) is 6.86. The first-order valence-electron chi connectivity index (χ1n) is 14.1. The number of methoxy groups -OCH3 is 1. The summed E-state index contributed by atoms with van der Waals surface area (Å²) in [5, 5.41) is 0. The Hall–Kier alpha value is -4.90. The minimum atomic E-state index is 0.398. The number of benzene rings is 2. The minimum Gasteiger partial charge on any atom is -0.496 e. The minimum absolute atomic E-state index is 0.398. The fourth-order valence-corrected chi connectivity index (χ4v) is 3.95. The molecule has 4 aromatic rings. The summed E-state index contributed by atoms with van der Waals surface area (Å²) in [6, 6.07) is 23.4. The van der Waals surface area contributed by atoms with Gasteiger partial charge in [0.05, 0.1) is 18.5 Å². The zero-order valence-corrected chi connectivity index (χ0v) is 25.0. The van der Waals surface area contributed by atoms with Crippen molar-refractivity contribution in [2.75, 3.05) is 7.11 Å². The highest BCUT2D eigenvalue weighted by Crippen LogP contribution is 2.27. The maximum absolute atomic E-state index is 5.88. The third kappa shape index (κ3) is 10.3. The molecule has 42 heavy (non-hydrogen) atoms. The van der Waals surface area contributed by atoms with Crippen LogP contribution in [0, 0.1) is 6.92 Å². The maximum atomic E-state index is 5.88. The lowest BCUT2D eigenvalue weighted by atomic mass is 10.0. The Kier molecular flexibility index (Phi) is 12.8. The van der Waals surface area contributed by atoms with Gasteiger partial charge in [-0.25, -0.2) is 0 Å². The van der Waals surface area contributed by atoms with Gasteiger partial charge in [-0.3, -0.25) is 9.97 Å². The van der Waals surface area contributed by atoms with Crippen molar-refractivity contribution >= 4 is 12.2 Å². The highest BCUT2D eigenvalue weighted by Gasteiger charge is 2.05. The molecule has 0 aliphatic rings.